The van der Waals surface area contributed by atoms with Crippen LogP contribution in [0.4, 0.5) is 32.0 Å². The van der Waals surface area contributed by atoms with E-state index in [0.717, 1.165) is 17.2 Å². The minimum absolute atomic E-state index is 0.0134. The fourth-order valence-electron chi connectivity index (χ4n) is 5.11. The molecule has 0 spiro atoms. The zero-order valence-electron chi connectivity index (χ0n) is 25.3. The number of carboxylic acids is 1. The summed E-state index contributed by atoms with van der Waals surface area (Å²) in [6.07, 6.45) is -6.53. The van der Waals surface area contributed by atoms with E-state index in [9.17, 15) is 41.0 Å². The molecule has 1 unspecified atom stereocenters. The first-order valence-corrected chi connectivity index (χ1v) is 15.1. The molecule has 6 nitrogen and oxygen atoms in total. The van der Waals surface area contributed by atoms with Crippen LogP contribution >= 0.6 is 11.6 Å². The van der Waals surface area contributed by atoms with Gasteiger partial charge in [0.15, 0.2) is 0 Å². The smallest absolute Gasteiger partial charge is 0.416 e. The normalized spacial score (nSPS) is 16.8. The first-order valence-electron chi connectivity index (χ1n) is 14.7. The van der Waals surface area contributed by atoms with Crippen molar-refractivity contribution in [3.05, 3.63) is 138 Å². The molecule has 3 N–H and O–H groups in total. The topological polar surface area (TPSA) is 87.7 Å². The van der Waals surface area contributed by atoms with Crippen LogP contribution in [0.2, 0.25) is 0 Å². The van der Waals surface area contributed by atoms with Crippen LogP contribution in [0.15, 0.2) is 121 Å². The number of rotatable bonds is 10. The second kappa shape index (κ2) is 14.1. The first-order chi connectivity index (χ1) is 23.1. The maximum Gasteiger partial charge on any atom is 0.416 e. The number of ether oxygens (including phenoxy) is 1. The lowest BCUT2D eigenvalue weighted by Crippen LogP contribution is -2.43. The minimum atomic E-state index is -5.07. The zero-order chi connectivity index (χ0) is 35.4. The van der Waals surface area contributed by atoms with Gasteiger partial charge in [-0.05, 0) is 53.6 Å². The molecule has 0 heterocycles. The van der Waals surface area contributed by atoms with Gasteiger partial charge in [0.1, 0.15) is 22.5 Å². The average Bonchev–Trinajstić information content (AvgIpc) is 3.04. The van der Waals surface area contributed by atoms with Crippen LogP contribution in [0.1, 0.15) is 23.1 Å². The fourth-order valence-corrected chi connectivity index (χ4v) is 5.43. The van der Waals surface area contributed by atoms with Crippen molar-refractivity contribution in [2.45, 2.75) is 36.2 Å². The van der Waals surface area contributed by atoms with Crippen LogP contribution in [-0.4, -0.2) is 28.0 Å². The van der Waals surface area contributed by atoms with E-state index in [1.54, 1.807) is 24.3 Å². The molecule has 254 valence electrons. The number of para-hydroxylation sites is 2. The van der Waals surface area contributed by atoms with E-state index >= 15 is 0 Å². The van der Waals surface area contributed by atoms with Crippen LogP contribution in [0.25, 0.3) is 11.1 Å². The van der Waals surface area contributed by atoms with Gasteiger partial charge in [-0.15, -0.1) is 0 Å². The number of carbonyl (C=O) groups is 2. The molecule has 1 aliphatic rings. The highest BCUT2D eigenvalue weighted by Gasteiger charge is 2.38. The Balaban J connectivity index is 1.30. The third-order valence-electron chi connectivity index (χ3n) is 7.46. The molecule has 2 atom stereocenters. The van der Waals surface area contributed by atoms with Crippen molar-refractivity contribution < 1.29 is 45.8 Å². The number of nitrogens with one attached hydrogen (secondary N) is 2. The van der Waals surface area contributed by atoms with Gasteiger partial charge in [-0.2, -0.15) is 26.3 Å². The highest BCUT2D eigenvalue weighted by molar-refractivity contribution is 6.27. The van der Waals surface area contributed by atoms with Gasteiger partial charge in [0.25, 0.3) is 5.91 Å². The summed E-state index contributed by atoms with van der Waals surface area (Å²) in [4.78, 5) is 23.5. The highest BCUT2D eigenvalue weighted by Crippen LogP contribution is 2.40. The van der Waals surface area contributed by atoms with Crippen molar-refractivity contribution in [1.29, 1.82) is 0 Å². The number of benzene rings is 4. The number of aliphatic carboxylic acids is 1. The molecule has 0 saturated carbocycles. The number of carboxylic acid groups (broad SMARTS) is 1. The van der Waals surface area contributed by atoms with Gasteiger partial charge in [0.05, 0.1) is 11.1 Å². The summed E-state index contributed by atoms with van der Waals surface area (Å²) < 4.78 is 86.1. The predicted octanol–water partition coefficient (Wildman–Crippen LogP) is 9.23. The summed E-state index contributed by atoms with van der Waals surface area (Å²) in [5, 5.41) is 14.7. The van der Waals surface area contributed by atoms with Crippen LogP contribution in [0.3, 0.4) is 0 Å². The lowest BCUT2D eigenvalue weighted by Gasteiger charge is -2.29. The molecule has 1 amide bonds. The van der Waals surface area contributed by atoms with Crippen molar-refractivity contribution in [2.75, 3.05) is 5.32 Å². The molecule has 0 fully saturated rings. The third-order valence-corrected chi connectivity index (χ3v) is 7.82. The van der Waals surface area contributed by atoms with Crippen molar-refractivity contribution in [1.82, 2.24) is 5.32 Å². The van der Waals surface area contributed by atoms with Gasteiger partial charge in [-0.3, -0.25) is 4.79 Å². The summed E-state index contributed by atoms with van der Waals surface area (Å²) in [7, 11) is 0. The Morgan fingerprint density at radius 2 is 1.47 bits per heavy atom. The van der Waals surface area contributed by atoms with E-state index < -0.39 is 52.1 Å². The molecule has 0 radical (unpaired) electrons. The van der Waals surface area contributed by atoms with Gasteiger partial charge in [0, 0.05) is 29.7 Å². The summed E-state index contributed by atoms with van der Waals surface area (Å²) in [6, 6.07) is 23.2. The largest absolute Gasteiger partial charge is 0.480 e. The van der Waals surface area contributed by atoms with Crippen molar-refractivity contribution in [2.24, 2.45) is 0 Å². The molecule has 0 aromatic heterocycles. The Hall–Kier alpha value is -5.23. The van der Waals surface area contributed by atoms with Crippen LogP contribution in [0.5, 0.6) is 11.5 Å². The van der Waals surface area contributed by atoms with Gasteiger partial charge in [-0.25, -0.2) is 4.79 Å². The molecular formula is C36H27ClF6N2O4. The second-order valence-electron chi connectivity index (χ2n) is 11.2. The van der Waals surface area contributed by atoms with Crippen molar-refractivity contribution in [3.63, 3.8) is 0 Å². The predicted molar refractivity (Wildman–Crippen MR) is 172 cm³/mol. The standard InChI is InChI=1S/C36H27ClF6N2O4/c37-34(45-27-19-25(35(38,39)40)18-26(20-27)36(41,42)43)16-6-7-24(21-34)32(46)44-30(33(47)48)17-22-12-14-23(15-13-22)29-10-4-5-11-31(29)49-28-8-2-1-3-9-28/h1-15,18-21,30,45H,16-17H2,(H,44,46)(H,47,48)/t30-,34?/m0/s1. The second-order valence-corrected chi connectivity index (χ2v) is 11.8. The fraction of sp³-hybridized carbons (Fsp3) is 0.167. The lowest BCUT2D eigenvalue weighted by atomic mass is 9.98. The molecule has 1 aliphatic carbocycles. The van der Waals surface area contributed by atoms with E-state index in [4.69, 9.17) is 16.3 Å². The third kappa shape index (κ3) is 9.02. The molecule has 4 aromatic carbocycles. The Morgan fingerprint density at radius 1 is 0.857 bits per heavy atom. The molecule has 0 bridgehead atoms. The number of anilines is 1. The Labute approximate surface area is 281 Å². The highest BCUT2D eigenvalue weighted by atomic mass is 35.5. The van der Waals surface area contributed by atoms with Gasteiger partial charge in [-0.1, -0.05) is 84.4 Å². The zero-order valence-corrected chi connectivity index (χ0v) is 26.0. The Kier molecular flexibility index (Phi) is 10.1. The Morgan fingerprint density at radius 3 is 2.08 bits per heavy atom. The molecule has 0 aliphatic heterocycles. The minimum Gasteiger partial charge on any atom is -0.480 e. The maximum absolute atomic E-state index is 13.4. The van der Waals surface area contributed by atoms with Gasteiger partial charge in [0.2, 0.25) is 0 Å². The number of hydrogen-bond acceptors (Lipinski definition) is 4. The quantitative estimate of drug-likeness (QED) is 0.0873. The molecule has 4 aromatic rings. The maximum atomic E-state index is 13.4. The summed E-state index contributed by atoms with van der Waals surface area (Å²) in [6.45, 7) is 0. The number of alkyl halides is 7. The first kappa shape index (κ1) is 35.1. The molecule has 13 heteroatoms. The van der Waals surface area contributed by atoms with E-state index in [1.165, 1.54) is 12.2 Å². The van der Waals surface area contributed by atoms with Gasteiger partial charge >= 0.3 is 18.3 Å². The van der Waals surface area contributed by atoms with E-state index in [0.29, 0.717) is 29.2 Å². The monoisotopic (exact) mass is 700 g/mol. The van der Waals surface area contributed by atoms with E-state index in [-0.39, 0.29) is 24.5 Å². The number of hydrogen-bond donors (Lipinski definition) is 3. The summed E-state index contributed by atoms with van der Waals surface area (Å²) in [5.41, 5.74) is -1.61. The summed E-state index contributed by atoms with van der Waals surface area (Å²) in [5.74, 6) is -0.926. The lowest BCUT2D eigenvalue weighted by molar-refractivity contribution is -0.143. The molecule has 0 saturated heterocycles. The number of carbonyl (C=O) groups excluding carboxylic acids is 1. The van der Waals surface area contributed by atoms with Gasteiger partial charge < -0.3 is 20.5 Å². The van der Waals surface area contributed by atoms with E-state index in [2.05, 4.69) is 10.6 Å². The Bertz CT molecular complexity index is 1860. The van der Waals surface area contributed by atoms with E-state index in [1.807, 2.05) is 54.6 Å². The van der Waals surface area contributed by atoms with Crippen LogP contribution in [-0.2, 0) is 28.4 Å². The average molecular weight is 701 g/mol. The number of amides is 1. The van der Waals surface area contributed by atoms with Crippen LogP contribution in [0, 0.1) is 0 Å². The molecule has 5 rings (SSSR count). The number of halogens is 7. The molecular weight excluding hydrogens is 674 g/mol. The SMILES string of the molecule is O=C(N[C@@H](Cc1ccc(-c2ccccc2Oc2ccccc2)cc1)C(=O)O)C1=CC(Cl)(Nc2cc(C(F)(F)F)cc(C(F)(F)F)c2)CC=C1. The van der Waals surface area contributed by atoms with Crippen molar-refractivity contribution in [3.8, 4) is 22.6 Å². The van der Waals surface area contributed by atoms with Crippen LogP contribution < -0.4 is 15.4 Å². The summed E-state index contributed by atoms with van der Waals surface area (Å²) >= 11 is 6.53. The van der Waals surface area contributed by atoms with Crippen molar-refractivity contribution >= 4 is 29.2 Å². The molecule has 49 heavy (non-hydrogen) atoms.